The van der Waals surface area contributed by atoms with E-state index in [4.69, 9.17) is 15.7 Å². The van der Waals surface area contributed by atoms with Crippen molar-refractivity contribution in [1.29, 1.82) is 5.26 Å². The Morgan fingerprint density at radius 1 is 1.15 bits per heavy atom. The van der Waals surface area contributed by atoms with Crippen molar-refractivity contribution in [2.45, 2.75) is 26.0 Å². The van der Waals surface area contributed by atoms with Gasteiger partial charge in [0, 0.05) is 6.04 Å². The lowest BCUT2D eigenvalue weighted by atomic mass is 10.1. The van der Waals surface area contributed by atoms with E-state index in [0.29, 0.717) is 12.2 Å². The van der Waals surface area contributed by atoms with E-state index < -0.39 is 0 Å². The molecule has 2 N–H and O–H groups in total. The molecule has 0 spiro atoms. The number of hydrogen-bond acceptors (Lipinski definition) is 3. The predicted octanol–water partition coefficient (Wildman–Crippen LogP) is 3.03. The van der Waals surface area contributed by atoms with Crippen LogP contribution < -0.4 is 10.5 Å². The summed E-state index contributed by atoms with van der Waals surface area (Å²) in [6, 6.07) is 17.7. The minimum absolute atomic E-state index is 0.162. The van der Waals surface area contributed by atoms with E-state index in [1.54, 1.807) is 6.07 Å². The molecule has 0 saturated carbocycles. The third-order valence-corrected chi connectivity index (χ3v) is 2.94. The highest BCUT2D eigenvalue weighted by molar-refractivity contribution is 5.33. The van der Waals surface area contributed by atoms with Crippen LogP contribution in [-0.2, 0) is 13.0 Å². The molecule has 0 aliphatic rings. The van der Waals surface area contributed by atoms with E-state index in [2.05, 4.69) is 6.07 Å². The fourth-order valence-corrected chi connectivity index (χ4v) is 1.99. The first-order chi connectivity index (χ1) is 9.67. The van der Waals surface area contributed by atoms with Crippen molar-refractivity contribution < 1.29 is 4.74 Å². The second-order valence-corrected chi connectivity index (χ2v) is 4.93. The number of nitriles is 1. The van der Waals surface area contributed by atoms with Crippen LogP contribution in [0.1, 0.15) is 23.6 Å². The summed E-state index contributed by atoms with van der Waals surface area (Å²) in [5.41, 5.74) is 8.61. The molecule has 1 atom stereocenters. The SMILES string of the molecule is CC(N)Cc1ccc(OCc2cccc(C#N)c2)cc1. The second kappa shape index (κ2) is 6.74. The van der Waals surface area contributed by atoms with Gasteiger partial charge >= 0.3 is 0 Å². The van der Waals surface area contributed by atoms with Gasteiger partial charge in [0.15, 0.2) is 0 Å². The monoisotopic (exact) mass is 266 g/mol. The van der Waals surface area contributed by atoms with Crippen LogP contribution in [0.5, 0.6) is 5.75 Å². The van der Waals surface area contributed by atoms with Crippen LogP contribution in [0, 0.1) is 11.3 Å². The van der Waals surface area contributed by atoms with Gasteiger partial charge in [0.2, 0.25) is 0 Å². The van der Waals surface area contributed by atoms with Gasteiger partial charge in [-0.1, -0.05) is 24.3 Å². The molecule has 0 bridgehead atoms. The number of ether oxygens (including phenoxy) is 1. The quantitative estimate of drug-likeness (QED) is 0.905. The minimum atomic E-state index is 0.162. The molecule has 0 radical (unpaired) electrons. The van der Waals surface area contributed by atoms with E-state index in [1.807, 2.05) is 49.4 Å². The standard InChI is InChI=1S/C17H18N2O/c1-13(19)9-14-5-7-17(8-6-14)20-12-16-4-2-3-15(10-16)11-18/h2-8,10,13H,9,12,19H2,1H3. The summed E-state index contributed by atoms with van der Waals surface area (Å²) < 4.78 is 5.71. The third kappa shape index (κ3) is 4.11. The topological polar surface area (TPSA) is 59.0 Å². The Kier molecular flexibility index (Phi) is 4.75. The third-order valence-electron chi connectivity index (χ3n) is 2.94. The smallest absolute Gasteiger partial charge is 0.119 e. The molecule has 0 fully saturated rings. The highest BCUT2D eigenvalue weighted by atomic mass is 16.5. The molecular weight excluding hydrogens is 248 g/mol. The Labute approximate surface area is 119 Å². The van der Waals surface area contributed by atoms with Gasteiger partial charge in [0.05, 0.1) is 11.6 Å². The molecule has 2 aromatic carbocycles. The maximum atomic E-state index is 8.85. The Bertz CT molecular complexity index is 597. The lowest BCUT2D eigenvalue weighted by Gasteiger charge is -2.09. The average molecular weight is 266 g/mol. The fraction of sp³-hybridized carbons (Fsp3) is 0.235. The largest absolute Gasteiger partial charge is 0.489 e. The Hall–Kier alpha value is -2.31. The number of benzene rings is 2. The van der Waals surface area contributed by atoms with Gasteiger partial charge in [0.1, 0.15) is 12.4 Å². The molecular formula is C17H18N2O. The molecule has 20 heavy (non-hydrogen) atoms. The minimum Gasteiger partial charge on any atom is -0.489 e. The molecule has 0 aliphatic carbocycles. The average Bonchev–Trinajstić information content (AvgIpc) is 2.46. The maximum absolute atomic E-state index is 8.85. The molecule has 2 rings (SSSR count). The van der Waals surface area contributed by atoms with Gasteiger partial charge in [-0.05, 0) is 48.7 Å². The van der Waals surface area contributed by atoms with Crippen molar-refractivity contribution in [2.24, 2.45) is 5.73 Å². The lowest BCUT2D eigenvalue weighted by Crippen LogP contribution is -2.17. The van der Waals surface area contributed by atoms with E-state index in [0.717, 1.165) is 17.7 Å². The summed E-state index contributed by atoms with van der Waals surface area (Å²) in [5.74, 6) is 0.820. The molecule has 0 saturated heterocycles. The fourth-order valence-electron chi connectivity index (χ4n) is 1.99. The number of rotatable bonds is 5. The lowest BCUT2D eigenvalue weighted by molar-refractivity contribution is 0.306. The van der Waals surface area contributed by atoms with Crippen molar-refractivity contribution in [3.8, 4) is 11.8 Å². The van der Waals surface area contributed by atoms with Crippen molar-refractivity contribution in [3.63, 3.8) is 0 Å². The second-order valence-electron chi connectivity index (χ2n) is 4.93. The molecule has 2 aromatic rings. The number of hydrogen-bond donors (Lipinski definition) is 1. The molecule has 0 aliphatic heterocycles. The normalized spacial score (nSPS) is 11.7. The molecule has 0 aromatic heterocycles. The van der Waals surface area contributed by atoms with Gasteiger partial charge in [-0.25, -0.2) is 0 Å². The molecule has 0 heterocycles. The van der Waals surface area contributed by atoms with Gasteiger partial charge in [0.25, 0.3) is 0 Å². The van der Waals surface area contributed by atoms with E-state index in [1.165, 1.54) is 5.56 Å². The van der Waals surface area contributed by atoms with Gasteiger partial charge < -0.3 is 10.5 Å². The van der Waals surface area contributed by atoms with Crippen LogP contribution >= 0.6 is 0 Å². The molecule has 1 unspecified atom stereocenters. The van der Waals surface area contributed by atoms with E-state index in [9.17, 15) is 0 Å². The van der Waals surface area contributed by atoms with Crippen LogP contribution in [0.2, 0.25) is 0 Å². The summed E-state index contributed by atoms with van der Waals surface area (Å²) in [4.78, 5) is 0. The summed E-state index contributed by atoms with van der Waals surface area (Å²) >= 11 is 0. The maximum Gasteiger partial charge on any atom is 0.119 e. The van der Waals surface area contributed by atoms with E-state index in [-0.39, 0.29) is 6.04 Å². The molecule has 3 heteroatoms. The van der Waals surface area contributed by atoms with Crippen LogP contribution in [0.15, 0.2) is 48.5 Å². The van der Waals surface area contributed by atoms with Gasteiger partial charge in [-0.3, -0.25) is 0 Å². The Balaban J connectivity index is 1.95. The summed E-state index contributed by atoms with van der Waals surface area (Å²) in [5, 5.41) is 8.85. The first-order valence-electron chi connectivity index (χ1n) is 6.64. The molecule has 3 nitrogen and oxygen atoms in total. The number of nitrogens with zero attached hydrogens (tertiary/aromatic N) is 1. The van der Waals surface area contributed by atoms with Crippen LogP contribution in [-0.4, -0.2) is 6.04 Å². The van der Waals surface area contributed by atoms with Crippen molar-refractivity contribution in [3.05, 3.63) is 65.2 Å². The van der Waals surface area contributed by atoms with Crippen LogP contribution in [0.25, 0.3) is 0 Å². The summed E-state index contributed by atoms with van der Waals surface area (Å²) in [6.45, 7) is 2.45. The Morgan fingerprint density at radius 2 is 1.90 bits per heavy atom. The first-order valence-corrected chi connectivity index (χ1v) is 6.64. The zero-order valence-electron chi connectivity index (χ0n) is 11.5. The summed E-state index contributed by atoms with van der Waals surface area (Å²) in [6.07, 6.45) is 0.866. The molecule has 102 valence electrons. The van der Waals surface area contributed by atoms with Gasteiger partial charge in [-0.15, -0.1) is 0 Å². The zero-order chi connectivity index (χ0) is 14.4. The van der Waals surface area contributed by atoms with Crippen LogP contribution in [0.3, 0.4) is 0 Å². The van der Waals surface area contributed by atoms with Crippen molar-refractivity contribution in [2.75, 3.05) is 0 Å². The molecule has 0 amide bonds. The Morgan fingerprint density at radius 3 is 2.55 bits per heavy atom. The van der Waals surface area contributed by atoms with Gasteiger partial charge in [-0.2, -0.15) is 5.26 Å². The first kappa shape index (κ1) is 14.1. The van der Waals surface area contributed by atoms with E-state index >= 15 is 0 Å². The number of nitrogens with two attached hydrogens (primary N) is 1. The highest BCUT2D eigenvalue weighted by Crippen LogP contribution is 2.15. The van der Waals surface area contributed by atoms with Crippen molar-refractivity contribution in [1.82, 2.24) is 0 Å². The summed E-state index contributed by atoms with van der Waals surface area (Å²) in [7, 11) is 0. The highest BCUT2D eigenvalue weighted by Gasteiger charge is 2.00. The van der Waals surface area contributed by atoms with Crippen LogP contribution in [0.4, 0.5) is 0 Å². The predicted molar refractivity (Wildman–Crippen MR) is 79.3 cm³/mol. The zero-order valence-corrected chi connectivity index (χ0v) is 11.5. The van der Waals surface area contributed by atoms with Crippen molar-refractivity contribution >= 4 is 0 Å².